The molecule has 0 aromatic heterocycles. The van der Waals surface area contributed by atoms with Gasteiger partial charge >= 0.3 is 0 Å². The van der Waals surface area contributed by atoms with Crippen LogP contribution in [0.15, 0.2) is 48.5 Å². The summed E-state index contributed by atoms with van der Waals surface area (Å²) in [5.74, 6) is 0.484. The molecule has 0 radical (unpaired) electrons. The number of ether oxygens (including phenoxy) is 1. The van der Waals surface area contributed by atoms with Crippen LogP contribution >= 0.6 is 23.2 Å². The summed E-state index contributed by atoms with van der Waals surface area (Å²) >= 11 is 12.1. The van der Waals surface area contributed by atoms with Gasteiger partial charge in [-0.3, -0.25) is 9.69 Å². The summed E-state index contributed by atoms with van der Waals surface area (Å²) in [4.78, 5) is 17.5. The molecule has 0 spiro atoms. The predicted octanol–water partition coefficient (Wildman–Crippen LogP) is 4.29. The normalized spacial score (nSPS) is 20.2. The molecule has 1 aliphatic carbocycles. The summed E-state index contributed by atoms with van der Waals surface area (Å²) in [6.07, 6.45) is 3.42. The van der Waals surface area contributed by atoms with Crippen molar-refractivity contribution < 1.29 is 9.53 Å². The molecule has 148 valence electrons. The van der Waals surface area contributed by atoms with Crippen LogP contribution in [-0.4, -0.2) is 54.0 Å². The van der Waals surface area contributed by atoms with Crippen molar-refractivity contribution in [3.05, 3.63) is 64.1 Å². The molecule has 1 aliphatic heterocycles. The molecule has 1 atom stereocenters. The van der Waals surface area contributed by atoms with E-state index >= 15 is 0 Å². The summed E-state index contributed by atoms with van der Waals surface area (Å²) in [5.41, 5.74) is 1.25. The minimum absolute atomic E-state index is 0.00222. The minimum Gasteiger partial charge on any atom is -0.482 e. The Morgan fingerprint density at radius 3 is 2.57 bits per heavy atom. The Labute approximate surface area is 176 Å². The molecular formula is C22H24Cl2N2O2. The van der Waals surface area contributed by atoms with Gasteiger partial charge < -0.3 is 9.64 Å². The Morgan fingerprint density at radius 2 is 1.86 bits per heavy atom. The monoisotopic (exact) mass is 418 g/mol. The maximum atomic E-state index is 13.0. The summed E-state index contributed by atoms with van der Waals surface area (Å²) in [6.45, 7) is 2.58. The number of hydrogen-bond donors (Lipinski definition) is 0. The second-order valence-corrected chi connectivity index (χ2v) is 8.36. The van der Waals surface area contributed by atoms with Crippen molar-refractivity contribution in [1.29, 1.82) is 0 Å². The van der Waals surface area contributed by atoms with E-state index in [1.165, 1.54) is 18.4 Å². The average molecular weight is 419 g/mol. The maximum Gasteiger partial charge on any atom is 0.260 e. The van der Waals surface area contributed by atoms with Crippen LogP contribution in [0.25, 0.3) is 0 Å². The summed E-state index contributed by atoms with van der Waals surface area (Å²) < 4.78 is 5.70. The molecule has 0 N–H and O–H groups in total. The van der Waals surface area contributed by atoms with E-state index in [0.29, 0.717) is 21.8 Å². The van der Waals surface area contributed by atoms with Gasteiger partial charge in [0.15, 0.2) is 6.61 Å². The third-order valence-corrected chi connectivity index (χ3v) is 5.99. The Bertz CT molecular complexity index is 827. The van der Waals surface area contributed by atoms with Crippen LogP contribution in [0.5, 0.6) is 5.75 Å². The first-order chi connectivity index (χ1) is 13.6. The Morgan fingerprint density at radius 1 is 1.07 bits per heavy atom. The first-order valence-corrected chi connectivity index (χ1v) is 10.5. The van der Waals surface area contributed by atoms with Crippen molar-refractivity contribution in [2.24, 2.45) is 0 Å². The number of amides is 1. The van der Waals surface area contributed by atoms with Crippen molar-refractivity contribution in [2.75, 3.05) is 26.2 Å². The Kier molecular flexibility index (Phi) is 6.10. The fourth-order valence-corrected chi connectivity index (χ4v) is 4.32. The fourth-order valence-electron chi connectivity index (χ4n) is 3.85. The Balaban J connectivity index is 1.42. The largest absolute Gasteiger partial charge is 0.482 e. The molecule has 4 rings (SSSR count). The minimum atomic E-state index is -0.0178. The van der Waals surface area contributed by atoms with Gasteiger partial charge in [0.2, 0.25) is 0 Å². The number of piperazine rings is 1. The highest BCUT2D eigenvalue weighted by Crippen LogP contribution is 2.30. The number of carbonyl (C=O) groups is 1. The van der Waals surface area contributed by atoms with E-state index in [9.17, 15) is 4.79 Å². The first kappa shape index (κ1) is 19.6. The molecule has 2 aromatic carbocycles. The van der Waals surface area contributed by atoms with Crippen LogP contribution in [0.1, 0.15) is 18.4 Å². The third kappa shape index (κ3) is 4.80. The highest BCUT2D eigenvalue weighted by atomic mass is 35.5. The lowest BCUT2D eigenvalue weighted by Gasteiger charge is -2.41. The van der Waals surface area contributed by atoms with Crippen LogP contribution < -0.4 is 4.74 Å². The van der Waals surface area contributed by atoms with E-state index in [2.05, 4.69) is 29.2 Å². The number of nitrogens with zero attached hydrogens (tertiary/aromatic N) is 2. The summed E-state index contributed by atoms with van der Waals surface area (Å²) in [6, 6.07) is 16.3. The summed E-state index contributed by atoms with van der Waals surface area (Å²) in [5, 5.41) is 0.961. The third-order valence-electron chi connectivity index (χ3n) is 5.46. The van der Waals surface area contributed by atoms with Gasteiger partial charge in [-0.1, -0.05) is 53.5 Å². The number of hydrogen-bond acceptors (Lipinski definition) is 3. The first-order valence-electron chi connectivity index (χ1n) is 9.75. The molecule has 1 saturated carbocycles. The van der Waals surface area contributed by atoms with Crippen LogP contribution in [-0.2, 0) is 11.2 Å². The van der Waals surface area contributed by atoms with Gasteiger partial charge in [0, 0.05) is 36.7 Å². The van der Waals surface area contributed by atoms with Gasteiger partial charge in [-0.15, -0.1) is 0 Å². The van der Waals surface area contributed by atoms with E-state index in [-0.39, 0.29) is 18.6 Å². The molecule has 1 saturated heterocycles. The lowest BCUT2D eigenvalue weighted by Crippen LogP contribution is -2.57. The molecule has 1 amide bonds. The smallest absolute Gasteiger partial charge is 0.260 e. The highest BCUT2D eigenvalue weighted by Gasteiger charge is 2.37. The second-order valence-electron chi connectivity index (χ2n) is 7.52. The predicted molar refractivity (Wildman–Crippen MR) is 112 cm³/mol. The van der Waals surface area contributed by atoms with Crippen molar-refractivity contribution in [3.8, 4) is 5.75 Å². The van der Waals surface area contributed by atoms with E-state index < -0.39 is 0 Å². The zero-order chi connectivity index (χ0) is 19.5. The molecule has 0 bridgehead atoms. The van der Waals surface area contributed by atoms with Crippen molar-refractivity contribution in [3.63, 3.8) is 0 Å². The number of benzene rings is 2. The topological polar surface area (TPSA) is 32.8 Å². The van der Waals surface area contributed by atoms with E-state index in [4.69, 9.17) is 27.9 Å². The molecular weight excluding hydrogens is 395 g/mol. The molecule has 2 aromatic rings. The molecule has 6 heteroatoms. The van der Waals surface area contributed by atoms with Crippen LogP contribution in [0.2, 0.25) is 10.0 Å². The van der Waals surface area contributed by atoms with E-state index in [1.807, 2.05) is 11.0 Å². The number of carbonyl (C=O) groups excluding carboxylic acids is 1. The zero-order valence-electron chi connectivity index (χ0n) is 15.7. The van der Waals surface area contributed by atoms with Gasteiger partial charge in [0.1, 0.15) is 5.75 Å². The van der Waals surface area contributed by atoms with E-state index in [1.54, 1.807) is 18.2 Å². The lowest BCUT2D eigenvalue weighted by atomic mass is 10.0. The Hall–Kier alpha value is -1.75. The van der Waals surface area contributed by atoms with Gasteiger partial charge in [-0.05, 0) is 43.0 Å². The molecule has 2 aliphatic rings. The molecule has 1 unspecified atom stereocenters. The SMILES string of the molecule is O=C(COc1ccc(Cl)cc1Cl)N1CCN(C2CC2)CC1Cc1ccccc1. The van der Waals surface area contributed by atoms with E-state index in [0.717, 1.165) is 26.1 Å². The number of halogens is 2. The van der Waals surface area contributed by atoms with Crippen LogP contribution in [0.3, 0.4) is 0 Å². The molecule has 4 nitrogen and oxygen atoms in total. The quantitative estimate of drug-likeness (QED) is 0.701. The van der Waals surface area contributed by atoms with Gasteiger partial charge in [-0.2, -0.15) is 0 Å². The fraction of sp³-hybridized carbons (Fsp3) is 0.409. The zero-order valence-corrected chi connectivity index (χ0v) is 17.2. The lowest BCUT2D eigenvalue weighted by molar-refractivity contribution is -0.138. The number of rotatable bonds is 6. The van der Waals surface area contributed by atoms with Crippen LogP contribution in [0.4, 0.5) is 0 Å². The van der Waals surface area contributed by atoms with Crippen molar-refractivity contribution in [2.45, 2.75) is 31.3 Å². The average Bonchev–Trinajstić information content (AvgIpc) is 3.53. The highest BCUT2D eigenvalue weighted by molar-refractivity contribution is 6.35. The van der Waals surface area contributed by atoms with Crippen molar-refractivity contribution in [1.82, 2.24) is 9.80 Å². The second kappa shape index (κ2) is 8.73. The standard InChI is InChI=1S/C22H24Cl2N2O2/c23-17-6-9-21(20(24)13-17)28-15-22(27)26-11-10-25(18-7-8-18)14-19(26)12-16-4-2-1-3-5-16/h1-6,9,13,18-19H,7-8,10-12,14-15H2. The molecule has 28 heavy (non-hydrogen) atoms. The van der Waals surface area contributed by atoms with Gasteiger partial charge in [0.05, 0.1) is 5.02 Å². The molecule has 2 fully saturated rings. The van der Waals surface area contributed by atoms with Gasteiger partial charge in [0.25, 0.3) is 5.91 Å². The summed E-state index contributed by atoms with van der Waals surface area (Å²) in [7, 11) is 0. The van der Waals surface area contributed by atoms with Crippen LogP contribution in [0, 0.1) is 0 Å². The molecule has 1 heterocycles. The van der Waals surface area contributed by atoms with Crippen molar-refractivity contribution >= 4 is 29.1 Å². The maximum absolute atomic E-state index is 13.0. The van der Waals surface area contributed by atoms with Gasteiger partial charge in [-0.25, -0.2) is 0 Å².